The molecule has 0 aromatic carbocycles. The summed E-state index contributed by atoms with van der Waals surface area (Å²) in [6.07, 6.45) is 3.75. The maximum Gasteiger partial charge on any atom is 0.0733 e. The van der Waals surface area contributed by atoms with Crippen LogP contribution >= 0.6 is 12.2 Å². The molecule has 1 aliphatic carbocycles. The van der Waals surface area contributed by atoms with Gasteiger partial charge in [0.1, 0.15) is 0 Å². The van der Waals surface area contributed by atoms with Crippen molar-refractivity contribution in [3.63, 3.8) is 0 Å². The molecule has 0 heterocycles. The van der Waals surface area contributed by atoms with Crippen LogP contribution in [0.2, 0.25) is 0 Å². The molecular formula is C12H24N2OS. The minimum Gasteiger partial charge on any atom is -0.393 e. The van der Waals surface area contributed by atoms with E-state index in [4.69, 9.17) is 22.7 Å². The third-order valence-electron chi connectivity index (χ3n) is 3.04. The van der Waals surface area contributed by atoms with Gasteiger partial charge in [-0.3, -0.25) is 0 Å². The summed E-state index contributed by atoms with van der Waals surface area (Å²) in [5.74, 6) is 0. The van der Waals surface area contributed by atoms with Crippen molar-refractivity contribution in [1.29, 1.82) is 0 Å². The fraction of sp³-hybridized carbons (Fsp3) is 0.917. The van der Waals surface area contributed by atoms with Crippen LogP contribution in [0.3, 0.4) is 0 Å². The largest absolute Gasteiger partial charge is 0.393 e. The van der Waals surface area contributed by atoms with Gasteiger partial charge in [0.25, 0.3) is 0 Å². The first-order valence-corrected chi connectivity index (χ1v) is 6.43. The van der Waals surface area contributed by atoms with Gasteiger partial charge in [-0.1, -0.05) is 12.2 Å². The van der Waals surface area contributed by atoms with Crippen LogP contribution in [0.25, 0.3) is 0 Å². The first-order chi connectivity index (χ1) is 7.43. The molecule has 0 bridgehead atoms. The molecule has 1 saturated carbocycles. The first-order valence-electron chi connectivity index (χ1n) is 6.02. The molecule has 1 aliphatic rings. The van der Waals surface area contributed by atoms with Crippen molar-refractivity contribution in [2.45, 2.75) is 39.2 Å². The van der Waals surface area contributed by atoms with Crippen LogP contribution in [0.15, 0.2) is 0 Å². The fourth-order valence-electron chi connectivity index (χ4n) is 2.03. The van der Waals surface area contributed by atoms with Gasteiger partial charge in [0.05, 0.1) is 17.7 Å². The van der Waals surface area contributed by atoms with Gasteiger partial charge in [-0.2, -0.15) is 0 Å². The molecule has 94 valence electrons. The molecule has 0 aliphatic heterocycles. The topological polar surface area (TPSA) is 38.5 Å². The minimum absolute atomic E-state index is 0.319. The molecule has 0 spiro atoms. The van der Waals surface area contributed by atoms with Crippen LogP contribution in [0, 0.1) is 5.41 Å². The second kappa shape index (κ2) is 5.94. The molecule has 0 atom stereocenters. The van der Waals surface area contributed by atoms with Crippen molar-refractivity contribution in [2.75, 3.05) is 26.7 Å². The van der Waals surface area contributed by atoms with Crippen LogP contribution in [0.1, 0.15) is 33.1 Å². The highest BCUT2D eigenvalue weighted by Gasteiger charge is 2.43. The Kier molecular flexibility index (Phi) is 5.15. The summed E-state index contributed by atoms with van der Waals surface area (Å²) >= 11 is 4.99. The van der Waals surface area contributed by atoms with Gasteiger partial charge < -0.3 is 15.4 Å². The molecule has 2 N–H and O–H groups in total. The van der Waals surface area contributed by atoms with E-state index in [0.29, 0.717) is 16.5 Å². The van der Waals surface area contributed by atoms with Crippen molar-refractivity contribution in [1.82, 2.24) is 4.90 Å². The van der Waals surface area contributed by atoms with Crippen LogP contribution in [0.5, 0.6) is 0 Å². The van der Waals surface area contributed by atoms with Crippen LogP contribution in [0.4, 0.5) is 0 Å². The monoisotopic (exact) mass is 244 g/mol. The van der Waals surface area contributed by atoms with E-state index in [9.17, 15) is 0 Å². The molecule has 0 saturated heterocycles. The summed E-state index contributed by atoms with van der Waals surface area (Å²) in [6.45, 7) is 7.00. The lowest BCUT2D eigenvalue weighted by Gasteiger charge is -2.23. The van der Waals surface area contributed by atoms with Gasteiger partial charge in [-0.15, -0.1) is 0 Å². The van der Waals surface area contributed by atoms with Gasteiger partial charge >= 0.3 is 0 Å². The number of ether oxygens (including phenoxy) is 1. The summed E-state index contributed by atoms with van der Waals surface area (Å²) in [6, 6.07) is 0. The molecule has 1 fully saturated rings. The number of nitrogens with two attached hydrogens (primary N) is 1. The van der Waals surface area contributed by atoms with E-state index in [-0.39, 0.29) is 0 Å². The van der Waals surface area contributed by atoms with E-state index in [1.165, 1.54) is 12.8 Å². The lowest BCUT2D eigenvalue weighted by molar-refractivity contribution is 0.0606. The van der Waals surface area contributed by atoms with Crippen LogP contribution in [-0.2, 0) is 4.74 Å². The second-order valence-corrected chi connectivity index (χ2v) is 5.82. The van der Waals surface area contributed by atoms with Crippen molar-refractivity contribution >= 4 is 17.2 Å². The normalized spacial score (nSPS) is 18.1. The summed E-state index contributed by atoms with van der Waals surface area (Å²) in [4.78, 5) is 2.98. The zero-order valence-electron chi connectivity index (χ0n) is 10.7. The van der Waals surface area contributed by atoms with Gasteiger partial charge in [0.15, 0.2) is 0 Å². The molecule has 0 aromatic rings. The summed E-state index contributed by atoms with van der Waals surface area (Å²) in [5, 5.41) is 0. The number of nitrogens with zero attached hydrogens (tertiary/aromatic N) is 1. The molecule has 3 nitrogen and oxygen atoms in total. The van der Waals surface area contributed by atoms with E-state index < -0.39 is 0 Å². The molecule has 16 heavy (non-hydrogen) atoms. The lowest BCUT2D eigenvalue weighted by atomic mass is 10.0. The van der Waals surface area contributed by atoms with Gasteiger partial charge in [0, 0.05) is 19.5 Å². The Bertz CT molecular complexity index is 239. The molecular weight excluding hydrogens is 220 g/mol. The fourth-order valence-corrected chi connectivity index (χ4v) is 2.34. The smallest absolute Gasteiger partial charge is 0.0733 e. The molecule has 0 amide bonds. The SMILES string of the molecule is CC(C)OCCN(C)CC1(CC(N)=S)CC1. The highest BCUT2D eigenvalue weighted by atomic mass is 32.1. The van der Waals surface area contributed by atoms with Crippen molar-refractivity contribution < 1.29 is 4.74 Å². The van der Waals surface area contributed by atoms with Crippen molar-refractivity contribution in [3.05, 3.63) is 0 Å². The van der Waals surface area contributed by atoms with Crippen LogP contribution in [-0.4, -0.2) is 42.7 Å². The number of hydrogen-bond donors (Lipinski definition) is 1. The van der Waals surface area contributed by atoms with Gasteiger partial charge in [-0.05, 0) is 39.2 Å². The van der Waals surface area contributed by atoms with Crippen molar-refractivity contribution in [2.24, 2.45) is 11.1 Å². The Hall–Kier alpha value is -0.190. The summed E-state index contributed by atoms with van der Waals surface area (Å²) in [5.41, 5.74) is 6.01. The molecule has 1 rings (SSSR count). The molecule has 0 aromatic heterocycles. The average Bonchev–Trinajstić information content (AvgIpc) is 2.82. The van der Waals surface area contributed by atoms with Crippen LogP contribution < -0.4 is 5.73 Å². The van der Waals surface area contributed by atoms with E-state index in [1.807, 2.05) is 0 Å². The maximum absolute atomic E-state index is 5.62. The van der Waals surface area contributed by atoms with Gasteiger partial charge in [0.2, 0.25) is 0 Å². The average molecular weight is 244 g/mol. The van der Waals surface area contributed by atoms with Gasteiger partial charge in [-0.25, -0.2) is 0 Å². The summed E-state index contributed by atoms with van der Waals surface area (Å²) in [7, 11) is 2.14. The number of thiocarbonyl (C=S) groups is 1. The Balaban J connectivity index is 2.18. The molecule has 0 radical (unpaired) electrons. The van der Waals surface area contributed by atoms with Crippen molar-refractivity contribution in [3.8, 4) is 0 Å². The predicted molar refractivity (Wildman–Crippen MR) is 71.7 cm³/mol. The molecule has 0 unspecified atom stereocenters. The molecule has 4 heteroatoms. The quantitative estimate of drug-likeness (QED) is 0.661. The second-order valence-electron chi connectivity index (χ2n) is 5.30. The Morgan fingerprint density at radius 3 is 2.56 bits per heavy atom. The standard InChI is InChI=1S/C12H24N2OS/c1-10(2)15-7-6-14(3)9-12(4-5-12)8-11(13)16/h10H,4-9H2,1-3H3,(H2,13,16). The van der Waals surface area contributed by atoms with E-state index in [2.05, 4.69) is 25.8 Å². The Labute approximate surface area is 104 Å². The van der Waals surface area contributed by atoms with E-state index in [1.54, 1.807) is 0 Å². The number of hydrogen-bond acceptors (Lipinski definition) is 3. The minimum atomic E-state index is 0.319. The zero-order chi connectivity index (χ0) is 12.2. The number of rotatable bonds is 8. The Morgan fingerprint density at radius 1 is 1.50 bits per heavy atom. The van der Waals surface area contributed by atoms with E-state index in [0.717, 1.165) is 26.1 Å². The Morgan fingerprint density at radius 2 is 2.12 bits per heavy atom. The highest BCUT2D eigenvalue weighted by Crippen LogP contribution is 2.49. The number of likely N-dealkylation sites (N-methyl/N-ethyl adjacent to an activating group) is 1. The first kappa shape index (κ1) is 13.9. The highest BCUT2D eigenvalue weighted by molar-refractivity contribution is 7.80. The maximum atomic E-state index is 5.62. The summed E-state index contributed by atoms with van der Waals surface area (Å²) < 4.78 is 5.54. The van der Waals surface area contributed by atoms with E-state index >= 15 is 0 Å². The third kappa shape index (κ3) is 5.23. The lowest BCUT2D eigenvalue weighted by Crippen LogP contribution is -2.32. The third-order valence-corrected chi connectivity index (χ3v) is 3.18. The predicted octanol–water partition coefficient (Wildman–Crippen LogP) is 1.80. The zero-order valence-corrected chi connectivity index (χ0v) is 11.5.